The first-order valence-electron chi connectivity index (χ1n) is 9.24. The van der Waals surface area contributed by atoms with Gasteiger partial charge in [-0.2, -0.15) is 23.4 Å². The van der Waals surface area contributed by atoms with Crippen molar-refractivity contribution in [2.24, 2.45) is 0 Å². The van der Waals surface area contributed by atoms with Crippen molar-refractivity contribution in [1.29, 1.82) is 0 Å². The number of alkyl halides is 3. The molecule has 0 bridgehead atoms. The van der Waals surface area contributed by atoms with E-state index in [0.29, 0.717) is 18.7 Å². The Morgan fingerprint density at radius 3 is 2.48 bits per heavy atom. The summed E-state index contributed by atoms with van der Waals surface area (Å²) in [7, 11) is 1.50. The molecule has 0 N–H and O–H groups in total. The molecular weight excluding hydrogens is 553 g/mol. The Hall–Kier alpha value is -1.86. The SMILES string of the molecule is COC1C(n2nc(C(F)(F)F)c(Cl)c2C)CCN1c1cnn(-c2ccc(F)cc2)c1I. The van der Waals surface area contributed by atoms with E-state index in [2.05, 4.69) is 32.8 Å². The van der Waals surface area contributed by atoms with Gasteiger partial charge in [-0.15, -0.1) is 0 Å². The summed E-state index contributed by atoms with van der Waals surface area (Å²) in [6.45, 7) is 2.03. The lowest BCUT2D eigenvalue weighted by atomic mass is 10.2. The number of ether oxygens (including phenoxy) is 1. The second-order valence-electron chi connectivity index (χ2n) is 7.07. The largest absolute Gasteiger partial charge is 0.436 e. The van der Waals surface area contributed by atoms with Crippen LogP contribution in [0, 0.1) is 16.4 Å². The first-order chi connectivity index (χ1) is 14.6. The summed E-state index contributed by atoms with van der Waals surface area (Å²) in [5.41, 5.74) is 0.579. The molecule has 0 spiro atoms. The molecule has 12 heteroatoms. The molecule has 2 aromatic heterocycles. The Morgan fingerprint density at radius 1 is 1.23 bits per heavy atom. The Bertz CT molecular complexity index is 1100. The minimum Gasteiger partial charge on any atom is -0.359 e. The summed E-state index contributed by atoms with van der Waals surface area (Å²) in [6, 6.07) is 5.45. The lowest BCUT2D eigenvalue weighted by Gasteiger charge is -2.28. The van der Waals surface area contributed by atoms with E-state index in [0.717, 1.165) is 9.39 Å². The molecule has 166 valence electrons. The molecule has 0 aliphatic carbocycles. The van der Waals surface area contributed by atoms with Gasteiger partial charge in [-0.1, -0.05) is 11.6 Å². The van der Waals surface area contributed by atoms with Crippen molar-refractivity contribution < 1.29 is 22.3 Å². The highest BCUT2D eigenvalue weighted by molar-refractivity contribution is 14.1. The molecule has 2 unspecified atom stereocenters. The summed E-state index contributed by atoms with van der Waals surface area (Å²) in [4.78, 5) is 1.93. The van der Waals surface area contributed by atoms with Crippen molar-refractivity contribution in [3.63, 3.8) is 0 Å². The van der Waals surface area contributed by atoms with Crippen LogP contribution in [0.15, 0.2) is 30.5 Å². The molecule has 1 saturated heterocycles. The Morgan fingerprint density at radius 2 is 1.90 bits per heavy atom. The minimum atomic E-state index is -4.64. The molecule has 3 heterocycles. The normalized spacial score (nSPS) is 19.4. The molecule has 0 radical (unpaired) electrons. The van der Waals surface area contributed by atoms with Crippen LogP contribution in [0.1, 0.15) is 23.9 Å². The van der Waals surface area contributed by atoms with Crippen LogP contribution in [0.2, 0.25) is 5.02 Å². The third kappa shape index (κ3) is 3.91. The van der Waals surface area contributed by atoms with E-state index in [4.69, 9.17) is 16.3 Å². The number of hydrogen-bond acceptors (Lipinski definition) is 4. The summed E-state index contributed by atoms with van der Waals surface area (Å²) >= 11 is 8.06. The van der Waals surface area contributed by atoms with Crippen LogP contribution >= 0.6 is 34.2 Å². The van der Waals surface area contributed by atoms with Crippen LogP contribution < -0.4 is 4.90 Å². The maximum atomic E-state index is 13.3. The summed E-state index contributed by atoms with van der Waals surface area (Å²) < 4.78 is 62.4. The average molecular weight is 570 g/mol. The molecule has 1 aliphatic rings. The Labute approximate surface area is 193 Å². The van der Waals surface area contributed by atoms with E-state index in [9.17, 15) is 17.6 Å². The highest BCUT2D eigenvalue weighted by Gasteiger charge is 2.43. The zero-order valence-electron chi connectivity index (χ0n) is 16.4. The maximum absolute atomic E-state index is 13.3. The molecule has 0 amide bonds. The zero-order valence-corrected chi connectivity index (χ0v) is 19.3. The third-order valence-electron chi connectivity index (χ3n) is 5.28. The predicted molar refractivity (Wildman–Crippen MR) is 115 cm³/mol. The maximum Gasteiger partial charge on any atom is 0.436 e. The molecular formula is C19H17ClF4IN5O. The standard InChI is InChI=1S/C19H17ClF4IN5O/c1-10-15(20)16(19(22,23)24)27-29(10)13-7-8-28(18(13)31-2)14-9-26-30(17(14)25)12-5-3-11(21)4-6-12/h3-6,9,13,18H,7-8H2,1-2H3. The number of rotatable bonds is 4. The molecule has 3 aromatic rings. The molecule has 0 saturated carbocycles. The fourth-order valence-corrected chi connectivity index (χ4v) is 4.90. The third-order valence-corrected chi connectivity index (χ3v) is 6.74. The van der Waals surface area contributed by atoms with Crippen LogP contribution in [-0.4, -0.2) is 39.4 Å². The number of nitrogens with zero attached hydrogens (tertiary/aromatic N) is 5. The summed E-state index contributed by atoms with van der Waals surface area (Å²) in [5, 5.41) is 7.76. The Kier molecular flexibility index (Phi) is 5.94. The molecule has 2 atom stereocenters. The van der Waals surface area contributed by atoms with Crippen molar-refractivity contribution in [1.82, 2.24) is 19.6 Å². The van der Waals surface area contributed by atoms with E-state index in [-0.39, 0.29) is 11.5 Å². The lowest BCUT2D eigenvalue weighted by Crippen LogP contribution is -2.36. The molecule has 31 heavy (non-hydrogen) atoms. The van der Waals surface area contributed by atoms with E-state index in [1.165, 1.54) is 30.8 Å². The fourth-order valence-electron chi connectivity index (χ4n) is 3.82. The minimum absolute atomic E-state index is 0.236. The number of hydrogen-bond donors (Lipinski definition) is 0. The van der Waals surface area contributed by atoms with Crippen molar-refractivity contribution in [3.05, 3.63) is 56.4 Å². The van der Waals surface area contributed by atoms with Crippen LogP contribution in [0.4, 0.5) is 23.2 Å². The van der Waals surface area contributed by atoms with Gasteiger partial charge in [-0.3, -0.25) is 4.68 Å². The number of halogens is 6. The van der Waals surface area contributed by atoms with Gasteiger partial charge in [0.1, 0.15) is 9.52 Å². The first kappa shape index (κ1) is 22.3. The summed E-state index contributed by atoms with van der Waals surface area (Å²) in [5.74, 6) is -0.348. The van der Waals surface area contributed by atoms with Gasteiger partial charge in [-0.25, -0.2) is 9.07 Å². The number of methoxy groups -OCH3 is 1. The van der Waals surface area contributed by atoms with E-state index in [1.807, 2.05) is 4.90 Å². The number of aromatic nitrogens is 4. The van der Waals surface area contributed by atoms with Crippen LogP contribution in [-0.2, 0) is 10.9 Å². The molecule has 1 fully saturated rings. The molecule has 4 rings (SSSR count). The van der Waals surface area contributed by atoms with Crippen molar-refractivity contribution in [2.45, 2.75) is 31.8 Å². The van der Waals surface area contributed by atoms with E-state index < -0.39 is 29.2 Å². The molecule has 1 aliphatic heterocycles. The van der Waals surface area contributed by atoms with E-state index >= 15 is 0 Å². The van der Waals surface area contributed by atoms with Crippen LogP contribution in [0.3, 0.4) is 0 Å². The average Bonchev–Trinajstić information content (AvgIpc) is 3.38. The second kappa shape index (κ2) is 8.24. The predicted octanol–water partition coefficient (Wildman–Crippen LogP) is 5.22. The smallest absolute Gasteiger partial charge is 0.359 e. The van der Waals surface area contributed by atoms with Crippen LogP contribution in [0.25, 0.3) is 5.69 Å². The van der Waals surface area contributed by atoms with Crippen molar-refractivity contribution in [2.75, 3.05) is 18.6 Å². The van der Waals surface area contributed by atoms with Gasteiger partial charge < -0.3 is 9.64 Å². The highest BCUT2D eigenvalue weighted by atomic mass is 127. The monoisotopic (exact) mass is 569 g/mol. The topological polar surface area (TPSA) is 48.1 Å². The zero-order chi connectivity index (χ0) is 22.5. The van der Waals surface area contributed by atoms with Gasteiger partial charge in [0, 0.05) is 13.7 Å². The van der Waals surface area contributed by atoms with Gasteiger partial charge >= 0.3 is 6.18 Å². The van der Waals surface area contributed by atoms with Gasteiger partial charge in [0.25, 0.3) is 0 Å². The first-order valence-corrected chi connectivity index (χ1v) is 10.7. The van der Waals surface area contributed by atoms with Gasteiger partial charge in [0.2, 0.25) is 0 Å². The van der Waals surface area contributed by atoms with Crippen molar-refractivity contribution >= 4 is 39.9 Å². The Balaban J connectivity index is 1.67. The van der Waals surface area contributed by atoms with Gasteiger partial charge in [0.05, 0.1) is 34.3 Å². The lowest BCUT2D eigenvalue weighted by molar-refractivity contribution is -0.141. The highest BCUT2D eigenvalue weighted by Crippen LogP contribution is 2.40. The quantitative estimate of drug-likeness (QED) is 0.320. The number of anilines is 1. The van der Waals surface area contributed by atoms with Crippen LogP contribution in [0.5, 0.6) is 0 Å². The number of benzene rings is 1. The van der Waals surface area contributed by atoms with Crippen molar-refractivity contribution in [3.8, 4) is 5.69 Å². The molecule has 6 nitrogen and oxygen atoms in total. The second-order valence-corrected chi connectivity index (χ2v) is 8.47. The van der Waals surface area contributed by atoms with Gasteiger partial charge in [0.15, 0.2) is 11.9 Å². The molecule has 1 aromatic carbocycles. The fraction of sp³-hybridized carbons (Fsp3) is 0.368. The summed E-state index contributed by atoms with van der Waals surface area (Å²) in [6.07, 6.45) is -3.05. The van der Waals surface area contributed by atoms with Gasteiger partial charge in [-0.05, 0) is 60.2 Å². The van der Waals surface area contributed by atoms with E-state index in [1.54, 1.807) is 23.0 Å².